The van der Waals surface area contributed by atoms with Gasteiger partial charge in [-0.1, -0.05) is 198 Å². The van der Waals surface area contributed by atoms with E-state index in [1.54, 1.807) is 0 Å². The molecule has 54 heavy (non-hydrogen) atoms. The Labute approximate surface area is 324 Å². The molecule has 7 rings (SSSR count). The molecule has 0 heterocycles. The SMILES string of the molecule is CCCCc1ccc(-c2ccc(-c3ccc(-c4ccc(-c5ccc(-c6ccc(-c7ccc(CCCC)cc7)c(CC)c6)cc5)cc4)cc3)cc2CC)cc1. The van der Waals surface area contributed by atoms with Crippen molar-refractivity contribution >= 4 is 0 Å². The van der Waals surface area contributed by atoms with Crippen molar-refractivity contribution in [3.8, 4) is 66.8 Å². The lowest BCUT2D eigenvalue weighted by Gasteiger charge is -2.13. The van der Waals surface area contributed by atoms with Crippen LogP contribution < -0.4 is 0 Å². The maximum Gasteiger partial charge on any atom is -0.0152 e. The van der Waals surface area contributed by atoms with E-state index in [0.29, 0.717) is 0 Å². The number of hydrogen-bond acceptors (Lipinski definition) is 0. The quantitative estimate of drug-likeness (QED) is 0.106. The molecular formula is C54H54. The summed E-state index contributed by atoms with van der Waals surface area (Å²) in [5.41, 5.74) is 20.9. The standard InChI is InChI=1S/C54H54/c1-5-9-11-39-13-17-49(18-14-39)53-35-33-51(37-41(53)7-3)47-29-25-45(26-30-47)43-21-23-44(24-22-43)46-27-31-48(32-28-46)52-34-36-54(42(8-4)38-52)50-19-15-40(16-20-50)12-10-6-2/h13-38H,5-12H2,1-4H3. The zero-order chi connectivity index (χ0) is 37.3. The van der Waals surface area contributed by atoms with E-state index in [4.69, 9.17) is 0 Å². The highest BCUT2D eigenvalue weighted by molar-refractivity contribution is 5.78. The first-order valence-electron chi connectivity index (χ1n) is 20.3. The third kappa shape index (κ3) is 8.50. The maximum absolute atomic E-state index is 2.38. The molecule has 0 N–H and O–H groups in total. The van der Waals surface area contributed by atoms with E-state index in [1.807, 2.05) is 0 Å². The van der Waals surface area contributed by atoms with Crippen molar-refractivity contribution in [1.29, 1.82) is 0 Å². The lowest BCUT2D eigenvalue weighted by molar-refractivity contribution is 0.795. The van der Waals surface area contributed by atoms with E-state index < -0.39 is 0 Å². The summed E-state index contributed by atoms with van der Waals surface area (Å²) in [7, 11) is 0. The van der Waals surface area contributed by atoms with Crippen molar-refractivity contribution in [2.75, 3.05) is 0 Å². The van der Waals surface area contributed by atoms with Crippen molar-refractivity contribution in [1.82, 2.24) is 0 Å². The van der Waals surface area contributed by atoms with Crippen LogP contribution in [-0.4, -0.2) is 0 Å². The Morgan fingerprint density at radius 2 is 0.537 bits per heavy atom. The van der Waals surface area contributed by atoms with E-state index in [2.05, 4.69) is 185 Å². The van der Waals surface area contributed by atoms with E-state index in [0.717, 1.165) is 25.7 Å². The molecule has 0 atom stereocenters. The van der Waals surface area contributed by atoms with Gasteiger partial charge in [-0.3, -0.25) is 0 Å². The average molecular weight is 703 g/mol. The first kappa shape index (κ1) is 36.9. The van der Waals surface area contributed by atoms with Gasteiger partial charge in [0.1, 0.15) is 0 Å². The zero-order valence-electron chi connectivity index (χ0n) is 32.7. The number of benzene rings is 7. The second-order valence-electron chi connectivity index (χ2n) is 14.8. The Morgan fingerprint density at radius 1 is 0.278 bits per heavy atom. The smallest absolute Gasteiger partial charge is 0.0152 e. The highest BCUT2D eigenvalue weighted by Gasteiger charge is 2.10. The van der Waals surface area contributed by atoms with Crippen molar-refractivity contribution in [2.24, 2.45) is 0 Å². The first-order chi connectivity index (χ1) is 26.6. The molecule has 0 saturated heterocycles. The molecule has 0 aliphatic rings. The van der Waals surface area contributed by atoms with Crippen LogP contribution in [-0.2, 0) is 25.7 Å². The van der Waals surface area contributed by atoms with Gasteiger partial charge in [-0.05, 0) is 128 Å². The van der Waals surface area contributed by atoms with Gasteiger partial charge in [-0.15, -0.1) is 0 Å². The molecule has 270 valence electrons. The van der Waals surface area contributed by atoms with Gasteiger partial charge in [-0.25, -0.2) is 0 Å². The Balaban J connectivity index is 1.02. The molecule has 0 saturated carbocycles. The molecule has 0 amide bonds. The fourth-order valence-electron chi connectivity index (χ4n) is 7.72. The number of rotatable bonds is 14. The third-order valence-corrected chi connectivity index (χ3v) is 11.1. The molecule has 0 aliphatic heterocycles. The Hall–Kier alpha value is -5.46. The minimum absolute atomic E-state index is 1.01. The highest BCUT2D eigenvalue weighted by atomic mass is 14.1. The number of unbranched alkanes of at least 4 members (excludes halogenated alkanes) is 2. The second kappa shape index (κ2) is 17.6. The Bertz CT molecular complexity index is 2080. The van der Waals surface area contributed by atoms with E-state index in [9.17, 15) is 0 Å². The molecule has 0 heteroatoms. The van der Waals surface area contributed by atoms with Gasteiger partial charge in [0, 0.05) is 0 Å². The van der Waals surface area contributed by atoms with E-state index in [1.165, 1.54) is 115 Å². The summed E-state index contributed by atoms with van der Waals surface area (Å²) in [6, 6.07) is 59.4. The third-order valence-electron chi connectivity index (χ3n) is 11.1. The van der Waals surface area contributed by atoms with Gasteiger partial charge < -0.3 is 0 Å². The monoisotopic (exact) mass is 702 g/mol. The molecule has 0 unspecified atom stereocenters. The highest BCUT2D eigenvalue weighted by Crippen LogP contribution is 2.34. The van der Waals surface area contributed by atoms with Gasteiger partial charge in [-0.2, -0.15) is 0 Å². The van der Waals surface area contributed by atoms with Crippen molar-refractivity contribution in [3.05, 3.63) is 180 Å². The van der Waals surface area contributed by atoms with Crippen LogP contribution in [0.3, 0.4) is 0 Å². The van der Waals surface area contributed by atoms with Gasteiger partial charge in [0.25, 0.3) is 0 Å². The first-order valence-corrected chi connectivity index (χ1v) is 20.3. The topological polar surface area (TPSA) is 0 Å². The summed E-state index contributed by atoms with van der Waals surface area (Å²) >= 11 is 0. The van der Waals surface area contributed by atoms with Gasteiger partial charge in [0.05, 0.1) is 0 Å². The minimum atomic E-state index is 1.01. The summed E-state index contributed by atoms with van der Waals surface area (Å²) in [5.74, 6) is 0. The largest absolute Gasteiger partial charge is 0.0654 e. The van der Waals surface area contributed by atoms with Crippen molar-refractivity contribution in [3.63, 3.8) is 0 Å². The van der Waals surface area contributed by atoms with Crippen LogP contribution in [0.25, 0.3) is 66.8 Å². The van der Waals surface area contributed by atoms with Gasteiger partial charge in [0.2, 0.25) is 0 Å². The molecule has 0 fully saturated rings. The minimum Gasteiger partial charge on any atom is -0.0654 e. The Kier molecular flexibility index (Phi) is 12.0. The van der Waals surface area contributed by atoms with Crippen LogP contribution in [0.5, 0.6) is 0 Å². The van der Waals surface area contributed by atoms with Crippen LogP contribution in [0.2, 0.25) is 0 Å². The Morgan fingerprint density at radius 3 is 0.815 bits per heavy atom. The molecule has 7 aromatic carbocycles. The van der Waals surface area contributed by atoms with Crippen LogP contribution in [0.15, 0.2) is 158 Å². The average Bonchev–Trinajstić information content (AvgIpc) is 3.25. The zero-order valence-corrected chi connectivity index (χ0v) is 32.7. The molecule has 7 aromatic rings. The van der Waals surface area contributed by atoms with Crippen LogP contribution in [0.1, 0.15) is 75.6 Å². The fourth-order valence-corrected chi connectivity index (χ4v) is 7.72. The summed E-state index contributed by atoms with van der Waals surface area (Å²) < 4.78 is 0. The molecule has 0 bridgehead atoms. The summed E-state index contributed by atoms with van der Waals surface area (Å²) in [6.07, 6.45) is 9.31. The molecule has 0 spiro atoms. The summed E-state index contributed by atoms with van der Waals surface area (Å²) in [5, 5.41) is 0. The molecule has 0 nitrogen and oxygen atoms in total. The fraction of sp³-hybridized carbons (Fsp3) is 0.222. The van der Waals surface area contributed by atoms with E-state index in [-0.39, 0.29) is 0 Å². The van der Waals surface area contributed by atoms with Crippen LogP contribution in [0, 0.1) is 0 Å². The van der Waals surface area contributed by atoms with Gasteiger partial charge >= 0.3 is 0 Å². The normalized spacial score (nSPS) is 11.2. The molecule has 0 aliphatic carbocycles. The van der Waals surface area contributed by atoms with Gasteiger partial charge in [0.15, 0.2) is 0 Å². The molecule has 0 aromatic heterocycles. The maximum atomic E-state index is 2.38. The summed E-state index contributed by atoms with van der Waals surface area (Å²) in [6.45, 7) is 9.03. The molecular weight excluding hydrogens is 649 g/mol. The van der Waals surface area contributed by atoms with Crippen molar-refractivity contribution < 1.29 is 0 Å². The lowest BCUT2D eigenvalue weighted by atomic mass is 9.92. The second-order valence-corrected chi connectivity index (χ2v) is 14.8. The predicted molar refractivity (Wildman–Crippen MR) is 235 cm³/mol. The van der Waals surface area contributed by atoms with Crippen molar-refractivity contribution in [2.45, 2.75) is 79.1 Å². The number of hydrogen-bond donors (Lipinski definition) is 0. The van der Waals surface area contributed by atoms with E-state index >= 15 is 0 Å². The summed E-state index contributed by atoms with van der Waals surface area (Å²) in [4.78, 5) is 0. The van der Waals surface area contributed by atoms with Crippen LogP contribution >= 0.6 is 0 Å². The van der Waals surface area contributed by atoms with Crippen LogP contribution in [0.4, 0.5) is 0 Å². The predicted octanol–water partition coefficient (Wildman–Crippen LogP) is 15.5. The lowest BCUT2D eigenvalue weighted by Crippen LogP contribution is -1.91. The molecule has 0 radical (unpaired) electrons. The number of aryl methyl sites for hydroxylation is 4.